The van der Waals surface area contributed by atoms with E-state index in [-0.39, 0.29) is 11.7 Å². The number of amides is 1. The normalized spacial score (nSPS) is 10.8. The van der Waals surface area contributed by atoms with Crippen LogP contribution in [-0.4, -0.2) is 37.0 Å². The van der Waals surface area contributed by atoms with Gasteiger partial charge in [0.15, 0.2) is 5.82 Å². The van der Waals surface area contributed by atoms with Crippen LogP contribution in [0.25, 0.3) is 11.4 Å². The summed E-state index contributed by atoms with van der Waals surface area (Å²) < 4.78 is 0. The van der Waals surface area contributed by atoms with Gasteiger partial charge in [0.1, 0.15) is 5.01 Å². The molecule has 0 saturated carbocycles. The highest BCUT2D eigenvalue weighted by molar-refractivity contribution is 7.99. The van der Waals surface area contributed by atoms with Crippen molar-refractivity contribution in [1.82, 2.24) is 25.4 Å². The van der Waals surface area contributed by atoms with Gasteiger partial charge in [-0.25, -0.2) is 4.98 Å². The van der Waals surface area contributed by atoms with Crippen molar-refractivity contribution in [2.45, 2.75) is 18.5 Å². The number of nitrogens with zero attached hydrogens (tertiary/aromatic N) is 4. The molecule has 0 bridgehead atoms. The van der Waals surface area contributed by atoms with E-state index in [0.29, 0.717) is 21.1 Å². The monoisotopic (exact) mass is 380 g/mol. The van der Waals surface area contributed by atoms with Gasteiger partial charge in [-0.15, -0.1) is 15.3 Å². The Bertz CT molecular complexity index is 849. The fourth-order valence-corrected chi connectivity index (χ4v) is 3.34. The summed E-state index contributed by atoms with van der Waals surface area (Å²) in [7, 11) is 0. The highest BCUT2D eigenvalue weighted by Gasteiger charge is 2.12. The average molecular weight is 381 g/mol. The van der Waals surface area contributed by atoms with Crippen molar-refractivity contribution < 1.29 is 4.79 Å². The average Bonchev–Trinajstić information content (AvgIpc) is 3.22. The molecule has 10 heteroatoms. The van der Waals surface area contributed by atoms with Gasteiger partial charge in [0.25, 0.3) is 0 Å². The predicted molar refractivity (Wildman–Crippen MR) is 95.5 cm³/mol. The molecule has 24 heavy (non-hydrogen) atoms. The molecule has 2 aromatic heterocycles. The molecule has 0 fully saturated rings. The molecule has 3 aromatic rings. The zero-order chi connectivity index (χ0) is 16.9. The summed E-state index contributed by atoms with van der Waals surface area (Å²) in [5, 5.41) is 20.0. The number of anilines is 1. The van der Waals surface area contributed by atoms with E-state index >= 15 is 0 Å². The standard InChI is InChI=1S/C14H13ClN6OS2/c1-2-11-18-21-14(24-11)16-10(22)7-23-13-17-12(19-20-13)8-5-3-4-6-9(8)15/h3-6H,2,7H2,1H3,(H,16,21,22)(H,17,19,20). The van der Waals surface area contributed by atoms with Gasteiger partial charge >= 0.3 is 0 Å². The first-order chi connectivity index (χ1) is 11.7. The van der Waals surface area contributed by atoms with Crippen molar-refractivity contribution in [3.8, 4) is 11.4 Å². The topological polar surface area (TPSA) is 96.5 Å². The van der Waals surface area contributed by atoms with Crippen LogP contribution >= 0.6 is 34.7 Å². The third-order valence-electron chi connectivity index (χ3n) is 2.94. The first kappa shape index (κ1) is 16.9. The molecule has 0 unspecified atom stereocenters. The second kappa shape index (κ2) is 7.73. The molecule has 124 valence electrons. The molecular formula is C14H13ClN6OS2. The van der Waals surface area contributed by atoms with E-state index in [9.17, 15) is 4.79 Å². The lowest BCUT2D eigenvalue weighted by Gasteiger charge is -1.99. The summed E-state index contributed by atoms with van der Waals surface area (Å²) >= 11 is 8.73. The van der Waals surface area contributed by atoms with Gasteiger partial charge in [-0.2, -0.15) is 0 Å². The quantitative estimate of drug-likeness (QED) is 0.637. The molecule has 0 radical (unpaired) electrons. The van der Waals surface area contributed by atoms with Crippen LogP contribution in [0.4, 0.5) is 5.13 Å². The van der Waals surface area contributed by atoms with E-state index in [0.717, 1.165) is 17.0 Å². The van der Waals surface area contributed by atoms with Crippen molar-refractivity contribution in [2.24, 2.45) is 0 Å². The lowest BCUT2D eigenvalue weighted by molar-refractivity contribution is -0.113. The van der Waals surface area contributed by atoms with Gasteiger partial charge in [0.05, 0.1) is 10.8 Å². The Morgan fingerprint density at radius 2 is 2.21 bits per heavy atom. The van der Waals surface area contributed by atoms with Gasteiger partial charge in [-0.05, 0) is 18.6 Å². The minimum absolute atomic E-state index is 0.178. The molecule has 7 nitrogen and oxygen atoms in total. The van der Waals surface area contributed by atoms with Crippen LogP contribution in [0, 0.1) is 0 Å². The number of benzene rings is 1. The van der Waals surface area contributed by atoms with Crippen LogP contribution in [0.3, 0.4) is 0 Å². The second-order valence-electron chi connectivity index (χ2n) is 4.64. The maximum atomic E-state index is 11.9. The molecule has 0 aliphatic carbocycles. The summed E-state index contributed by atoms with van der Waals surface area (Å²) in [4.78, 5) is 16.3. The number of H-pyrrole nitrogens is 1. The number of thioether (sulfide) groups is 1. The lowest BCUT2D eigenvalue weighted by atomic mass is 10.2. The zero-order valence-electron chi connectivity index (χ0n) is 12.6. The van der Waals surface area contributed by atoms with Gasteiger partial charge in [-0.1, -0.05) is 53.8 Å². The third-order valence-corrected chi connectivity index (χ3v) is 5.10. The Balaban J connectivity index is 1.57. The Hall–Kier alpha value is -1.97. The highest BCUT2D eigenvalue weighted by Crippen LogP contribution is 2.26. The minimum Gasteiger partial charge on any atom is -0.300 e. The SMILES string of the molecule is CCc1nnc(NC(=O)CSc2n[nH]c(-c3ccccc3Cl)n2)s1. The van der Waals surface area contributed by atoms with E-state index in [4.69, 9.17) is 11.6 Å². The van der Waals surface area contributed by atoms with Crippen LogP contribution in [0.5, 0.6) is 0 Å². The second-order valence-corrected chi connectivity index (χ2v) is 7.05. The number of nitrogens with one attached hydrogen (secondary N) is 2. The number of hydrogen-bond donors (Lipinski definition) is 2. The van der Waals surface area contributed by atoms with Gasteiger partial charge < -0.3 is 0 Å². The summed E-state index contributed by atoms with van der Waals surface area (Å²) in [6, 6.07) is 7.35. The van der Waals surface area contributed by atoms with Gasteiger partial charge in [0.2, 0.25) is 16.2 Å². The molecule has 1 aromatic carbocycles. The molecule has 0 aliphatic heterocycles. The van der Waals surface area contributed by atoms with E-state index in [1.54, 1.807) is 6.07 Å². The Morgan fingerprint density at radius 3 is 2.96 bits per heavy atom. The zero-order valence-corrected chi connectivity index (χ0v) is 15.0. The van der Waals surface area contributed by atoms with Crippen molar-refractivity contribution in [3.63, 3.8) is 0 Å². The first-order valence-corrected chi connectivity index (χ1v) is 9.26. The molecule has 0 aliphatic rings. The first-order valence-electron chi connectivity index (χ1n) is 7.08. The Labute approximate surface area is 151 Å². The van der Waals surface area contributed by atoms with Crippen LogP contribution in [0.2, 0.25) is 5.02 Å². The fraction of sp³-hybridized carbons (Fsp3) is 0.214. The van der Waals surface area contributed by atoms with Crippen molar-refractivity contribution in [3.05, 3.63) is 34.3 Å². The smallest absolute Gasteiger partial charge is 0.236 e. The summed E-state index contributed by atoms with van der Waals surface area (Å²) in [5.41, 5.74) is 0.768. The van der Waals surface area contributed by atoms with Crippen molar-refractivity contribution in [2.75, 3.05) is 11.1 Å². The van der Waals surface area contributed by atoms with E-state index in [1.807, 2.05) is 25.1 Å². The molecule has 2 heterocycles. The van der Waals surface area contributed by atoms with E-state index < -0.39 is 0 Å². The number of rotatable bonds is 6. The van der Waals surface area contributed by atoms with Crippen LogP contribution in [0.1, 0.15) is 11.9 Å². The molecule has 3 rings (SSSR count). The summed E-state index contributed by atoms with van der Waals surface area (Å²) in [6.45, 7) is 1.99. The minimum atomic E-state index is -0.178. The van der Waals surface area contributed by atoms with E-state index in [2.05, 4.69) is 30.7 Å². The largest absolute Gasteiger partial charge is 0.300 e. The van der Waals surface area contributed by atoms with Crippen molar-refractivity contribution in [1.29, 1.82) is 0 Å². The lowest BCUT2D eigenvalue weighted by Crippen LogP contribution is -2.13. The number of carbonyl (C=O) groups excluding carboxylic acids is 1. The Morgan fingerprint density at radius 1 is 1.38 bits per heavy atom. The molecule has 2 N–H and O–H groups in total. The summed E-state index contributed by atoms with van der Waals surface area (Å²) in [6.07, 6.45) is 0.796. The predicted octanol–water partition coefficient (Wildman–Crippen LogP) is 3.27. The maximum absolute atomic E-state index is 11.9. The highest BCUT2D eigenvalue weighted by atomic mass is 35.5. The number of hydrogen-bond acceptors (Lipinski definition) is 7. The van der Waals surface area contributed by atoms with E-state index in [1.165, 1.54) is 23.1 Å². The summed E-state index contributed by atoms with van der Waals surface area (Å²) in [5.74, 6) is 0.573. The molecule has 0 saturated heterocycles. The Kier molecular flexibility index (Phi) is 5.44. The third kappa shape index (κ3) is 4.11. The molecule has 1 amide bonds. The number of carbonyl (C=O) groups is 1. The molecular weight excluding hydrogens is 368 g/mol. The maximum Gasteiger partial charge on any atom is 0.236 e. The van der Waals surface area contributed by atoms with Gasteiger partial charge in [-0.3, -0.25) is 15.2 Å². The number of aromatic amines is 1. The van der Waals surface area contributed by atoms with Crippen molar-refractivity contribution >= 4 is 45.7 Å². The van der Waals surface area contributed by atoms with Crippen LogP contribution < -0.4 is 5.32 Å². The fourth-order valence-electron chi connectivity index (χ4n) is 1.82. The molecule has 0 atom stereocenters. The van der Waals surface area contributed by atoms with Crippen LogP contribution in [0.15, 0.2) is 29.4 Å². The number of aryl methyl sites for hydroxylation is 1. The number of aromatic nitrogens is 5. The molecule has 0 spiro atoms. The number of halogens is 1. The van der Waals surface area contributed by atoms with Gasteiger partial charge in [0, 0.05) is 5.56 Å². The van der Waals surface area contributed by atoms with Crippen LogP contribution in [-0.2, 0) is 11.2 Å².